The summed E-state index contributed by atoms with van der Waals surface area (Å²) in [6.07, 6.45) is 11.4. The second kappa shape index (κ2) is 8.16. The zero-order chi connectivity index (χ0) is 22.2. The summed E-state index contributed by atoms with van der Waals surface area (Å²) in [5.41, 5.74) is 7.24. The Morgan fingerprint density at radius 1 is 0.871 bits per heavy atom. The van der Waals surface area contributed by atoms with Gasteiger partial charge in [0.1, 0.15) is 11.7 Å². The van der Waals surface area contributed by atoms with Crippen LogP contribution in [0.15, 0.2) is 84.6 Å². The Bertz CT molecular complexity index is 1040. The quantitative estimate of drug-likeness (QED) is 0.618. The lowest BCUT2D eigenvalue weighted by molar-refractivity contribution is -0.848. The Hall–Kier alpha value is -2.58. The molecule has 0 aliphatic carbocycles. The number of likely N-dealkylation sites (N-methyl/N-ethyl adjacent to an activating group) is 2. The minimum atomic E-state index is 0.0267. The maximum Gasteiger partial charge on any atom is 0.135 e. The number of hydrogen-bond acceptors (Lipinski definition) is 1. The number of rotatable bonds is 5. The molecular weight excluding hydrogens is 376 g/mol. The fourth-order valence-electron chi connectivity index (χ4n) is 5.73. The number of hydrogen-bond donors (Lipinski definition) is 1. The molecule has 2 unspecified atom stereocenters. The molecule has 162 valence electrons. The number of fused-ring (bicyclic) bond motifs is 2. The van der Waals surface area contributed by atoms with Crippen LogP contribution in [-0.2, 0) is 10.8 Å². The molecule has 0 fully saturated rings. The topological polar surface area (TPSA) is 7.68 Å². The van der Waals surface area contributed by atoms with Gasteiger partial charge in [-0.15, -0.1) is 0 Å². The average Bonchev–Trinajstić information content (AvgIpc) is 3.12. The van der Waals surface area contributed by atoms with E-state index in [0.717, 1.165) is 13.1 Å². The van der Waals surface area contributed by atoms with Gasteiger partial charge < -0.3 is 4.90 Å². The van der Waals surface area contributed by atoms with E-state index in [4.69, 9.17) is 0 Å². The average molecular weight is 414 g/mol. The van der Waals surface area contributed by atoms with Crippen molar-refractivity contribution in [2.24, 2.45) is 0 Å². The standard InChI is InChI=1S/C29H36N2/c1-7-30-24-18-14-12-16-22(24)28(3,4)26(30)20-10-9-11-21-27-29(5,6)23-17-13-15-19-25(23)31(27)8-2/h9-21,26H,7-8H2,1-6H3/p+1. The van der Waals surface area contributed by atoms with E-state index < -0.39 is 0 Å². The van der Waals surface area contributed by atoms with Crippen LogP contribution in [0.5, 0.6) is 0 Å². The van der Waals surface area contributed by atoms with Crippen molar-refractivity contribution in [1.29, 1.82) is 0 Å². The molecule has 0 saturated carbocycles. The van der Waals surface area contributed by atoms with Crippen LogP contribution in [0, 0.1) is 0 Å². The van der Waals surface area contributed by atoms with Crippen molar-refractivity contribution in [1.82, 2.24) is 0 Å². The second-order valence-electron chi connectivity index (χ2n) is 9.83. The largest absolute Gasteiger partial charge is 0.344 e. The van der Waals surface area contributed by atoms with Crippen molar-refractivity contribution in [2.75, 3.05) is 18.0 Å². The maximum atomic E-state index is 2.45. The summed E-state index contributed by atoms with van der Waals surface area (Å²) in [4.78, 5) is 4.01. The van der Waals surface area contributed by atoms with Gasteiger partial charge in [0.15, 0.2) is 0 Å². The van der Waals surface area contributed by atoms with Crippen molar-refractivity contribution in [3.63, 3.8) is 0 Å². The lowest BCUT2D eigenvalue weighted by Gasteiger charge is -2.26. The summed E-state index contributed by atoms with van der Waals surface area (Å²) in [5.74, 6) is 0. The summed E-state index contributed by atoms with van der Waals surface area (Å²) < 4.78 is 0. The summed E-state index contributed by atoms with van der Waals surface area (Å²) in [7, 11) is 0. The summed E-state index contributed by atoms with van der Waals surface area (Å²) in [6.45, 7) is 16.0. The predicted molar refractivity (Wildman–Crippen MR) is 133 cm³/mol. The third kappa shape index (κ3) is 3.47. The molecule has 0 aromatic heterocycles. The highest BCUT2D eigenvalue weighted by molar-refractivity contribution is 5.70. The zero-order valence-electron chi connectivity index (χ0n) is 19.9. The smallest absolute Gasteiger partial charge is 0.135 e. The van der Waals surface area contributed by atoms with E-state index in [1.165, 1.54) is 28.2 Å². The maximum absolute atomic E-state index is 2.45. The van der Waals surface area contributed by atoms with Crippen molar-refractivity contribution in [3.05, 3.63) is 95.7 Å². The highest BCUT2D eigenvalue weighted by Crippen LogP contribution is 2.47. The van der Waals surface area contributed by atoms with Gasteiger partial charge in [-0.25, -0.2) is 0 Å². The minimum absolute atomic E-state index is 0.0267. The molecule has 2 aliphatic rings. The lowest BCUT2D eigenvalue weighted by Crippen LogP contribution is -3.10. The predicted octanol–water partition coefficient (Wildman–Crippen LogP) is 5.70. The van der Waals surface area contributed by atoms with Gasteiger partial charge in [-0.2, -0.15) is 0 Å². The third-order valence-electron chi connectivity index (χ3n) is 7.40. The Morgan fingerprint density at radius 2 is 1.55 bits per heavy atom. The number of nitrogens with zero attached hydrogens (tertiary/aromatic N) is 1. The summed E-state index contributed by atoms with van der Waals surface area (Å²) in [6, 6.07) is 18.2. The molecule has 2 nitrogen and oxygen atoms in total. The highest BCUT2D eigenvalue weighted by atomic mass is 15.2. The number of benzene rings is 2. The van der Waals surface area contributed by atoms with Gasteiger partial charge in [-0.1, -0.05) is 68.5 Å². The SMILES string of the molecule is CCN1C(=CC=CC=CC2[NH+](CC)c3ccccc3C2(C)C)C(C)(C)c2ccccc21. The Kier molecular flexibility index (Phi) is 5.70. The van der Waals surface area contributed by atoms with Gasteiger partial charge in [0.2, 0.25) is 0 Å². The molecule has 1 N–H and O–H groups in total. The Morgan fingerprint density at radius 3 is 2.26 bits per heavy atom. The molecule has 0 radical (unpaired) electrons. The Balaban J connectivity index is 1.56. The van der Waals surface area contributed by atoms with Gasteiger partial charge in [0.25, 0.3) is 0 Å². The molecule has 0 amide bonds. The van der Waals surface area contributed by atoms with E-state index in [9.17, 15) is 0 Å². The van der Waals surface area contributed by atoms with Gasteiger partial charge in [0, 0.05) is 28.9 Å². The van der Waals surface area contributed by atoms with E-state index in [1.54, 1.807) is 4.90 Å². The summed E-state index contributed by atoms with van der Waals surface area (Å²) >= 11 is 0. The van der Waals surface area contributed by atoms with E-state index in [0.29, 0.717) is 6.04 Å². The van der Waals surface area contributed by atoms with Crippen LogP contribution in [-0.4, -0.2) is 19.1 Å². The fourth-order valence-corrected chi connectivity index (χ4v) is 5.73. The molecule has 2 heterocycles. The first-order valence-electron chi connectivity index (χ1n) is 11.7. The number of anilines is 1. The molecule has 4 rings (SSSR count). The molecule has 0 spiro atoms. The first-order valence-corrected chi connectivity index (χ1v) is 11.7. The van der Waals surface area contributed by atoms with Crippen LogP contribution in [0.25, 0.3) is 0 Å². The van der Waals surface area contributed by atoms with Crippen LogP contribution in [0.2, 0.25) is 0 Å². The first kappa shape index (κ1) is 21.6. The molecular formula is C29H37N2+. The van der Waals surface area contributed by atoms with Crippen molar-refractivity contribution >= 4 is 11.4 Å². The van der Waals surface area contributed by atoms with Crippen LogP contribution in [0.1, 0.15) is 52.7 Å². The van der Waals surface area contributed by atoms with Crippen molar-refractivity contribution in [2.45, 2.75) is 58.4 Å². The highest BCUT2D eigenvalue weighted by Gasteiger charge is 2.46. The van der Waals surface area contributed by atoms with Crippen molar-refractivity contribution in [3.8, 4) is 0 Å². The molecule has 2 aromatic carbocycles. The Labute approximate surface area is 188 Å². The molecule has 2 atom stereocenters. The lowest BCUT2D eigenvalue weighted by atomic mass is 9.80. The van der Waals surface area contributed by atoms with E-state index in [2.05, 4.69) is 125 Å². The molecule has 0 saturated heterocycles. The summed E-state index contributed by atoms with van der Waals surface area (Å²) in [5, 5.41) is 0. The number of allylic oxidation sites excluding steroid dienone is 5. The van der Waals surface area contributed by atoms with Crippen LogP contribution in [0.4, 0.5) is 11.4 Å². The number of nitrogens with one attached hydrogen (secondary N) is 1. The third-order valence-corrected chi connectivity index (χ3v) is 7.40. The fraction of sp³-hybridized carbons (Fsp3) is 0.379. The number of para-hydroxylation sites is 2. The van der Waals surface area contributed by atoms with Crippen LogP contribution >= 0.6 is 0 Å². The zero-order valence-corrected chi connectivity index (χ0v) is 19.9. The molecule has 2 aromatic rings. The van der Waals surface area contributed by atoms with Gasteiger partial charge in [-0.3, -0.25) is 4.90 Å². The van der Waals surface area contributed by atoms with Crippen LogP contribution < -0.4 is 9.80 Å². The van der Waals surface area contributed by atoms with Crippen LogP contribution in [0.3, 0.4) is 0 Å². The second-order valence-corrected chi connectivity index (χ2v) is 9.83. The van der Waals surface area contributed by atoms with Crippen molar-refractivity contribution < 1.29 is 4.90 Å². The molecule has 2 heteroatoms. The van der Waals surface area contributed by atoms with Gasteiger partial charge in [-0.05, 0) is 57.5 Å². The minimum Gasteiger partial charge on any atom is -0.344 e. The monoisotopic (exact) mass is 413 g/mol. The molecule has 31 heavy (non-hydrogen) atoms. The molecule has 0 bridgehead atoms. The van der Waals surface area contributed by atoms with E-state index in [-0.39, 0.29) is 10.8 Å². The van der Waals surface area contributed by atoms with Gasteiger partial charge >= 0.3 is 0 Å². The number of quaternary nitrogens is 1. The van der Waals surface area contributed by atoms with E-state index in [1.807, 2.05) is 0 Å². The van der Waals surface area contributed by atoms with Gasteiger partial charge in [0.05, 0.1) is 12.0 Å². The first-order chi connectivity index (χ1) is 14.8. The molecule has 2 aliphatic heterocycles. The normalized spacial score (nSPS) is 25.0. The van der Waals surface area contributed by atoms with E-state index >= 15 is 0 Å².